The number of nitrogen functional groups attached to an aromatic ring is 1. The molecule has 0 amide bonds. The van der Waals surface area contributed by atoms with Crippen LogP contribution in [0, 0.1) is 0 Å². The minimum absolute atomic E-state index is 0.610. The van der Waals surface area contributed by atoms with E-state index in [0.717, 1.165) is 17.7 Å². The Morgan fingerprint density at radius 3 is 2.72 bits per heavy atom. The number of rotatable bonds is 3. The highest BCUT2D eigenvalue weighted by Crippen LogP contribution is 2.33. The van der Waals surface area contributed by atoms with E-state index in [2.05, 4.69) is 22.1 Å². The highest BCUT2D eigenvalue weighted by atomic mass is 16.6. The zero-order valence-electron chi connectivity index (χ0n) is 10.6. The first-order valence-electron chi connectivity index (χ1n) is 6.58. The highest BCUT2D eigenvalue weighted by Gasteiger charge is 2.24. The molecule has 0 atom stereocenters. The molecular weight excluding hydrogens is 228 g/mol. The number of benzene rings is 1. The molecule has 3 rings (SSSR count). The van der Waals surface area contributed by atoms with Crippen LogP contribution in [-0.4, -0.2) is 22.9 Å². The second kappa shape index (κ2) is 4.48. The Balaban J connectivity index is 2.06. The summed E-state index contributed by atoms with van der Waals surface area (Å²) in [5.74, 6) is 0. The van der Waals surface area contributed by atoms with Crippen LogP contribution in [0.1, 0.15) is 32.6 Å². The van der Waals surface area contributed by atoms with Gasteiger partial charge in [-0.1, -0.05) is 12.8 Å². The quantitative estimate of drug-likeness (QED) is 0.843. The van der Waals surface area contributed by atoms with Gasteiger partial charge in [-0.3, -0.25) is 0 Å². The molecule has 1 heterocycles. The van der Waals surface area contributed by atoms with Crippen molar-refractivity contribution in [2.24, 2.45) is 0 Å². The molecule has 2 aromatic rings. The van der Waals surface area contributed by atoms with Gasteiger partial charge >= 0.3 is 0 Å². The molecule has 1 saturated carbocycles. The van der Waals surface area contributed by atoms with Gasteiger partial charge in [-0.05, 0) is 42.2 Å². The summed E-state index contributed by atoms with van der Waals surface area (Å²) < 4.78 is 4.84. The first kappa shape index (κ1) is 11.3. The fourth-order valence-electron chi connectivity index (χ4n) is 2.95. The maximum Gasteiger partial charge on any atom is 0.160 e. The summed E-state index contributed by atoms with van der Waals surface area (Å²) in [4.78, 5) is 2.40. The van der Waals surface area contributed by atoms with Gasteiger partial charge in [0.2, 0.25) is 0 Å². The van der Waals surface area contributed by atoms with E-state index in [1.807, 2.05) is 12.1 Å². The first-order chi connectivity index (χ1) is 8.81. The lowest BCUT2D eigenvalue weighted by Crippen LogP contribution is -2.33. The SMILES string of the molecule is CCN(c1ccc(N)c2nonc12)C1CCCC1. The normalized spacial score (nSPS) is 16.5. The van der Waals surface area contributed by atoms with E-state index < -0.39 is 0 Å². The molecule has 1 aromatic carbocycles. The topological polar surface area (TPSA) is 68.2 Å². The smallest absolute Gasteiger partial charge is 0.160 e. The standard InChI is InChI=1S/C13H18N4O/c1-2-17(9-5-3-4-6-9)11-8-7-10(14)12-13(11)16-18-15-12/h7-9H,2-6,14H2,1H3. The van der Waals surface area contributed by atoms with Gasteiger partial charge in [-0.15, -0.1) is 0 Å². The largest absolute Gasteiger partial charge is 0.397 e. The minimum atomic E-state index is 0.610. The second-order valence-electron chi connectivity index (χ2n) is 4.86. The number of nitrogens with two attached hydrogens (primary N) is 1. The maximum absolute atomic E-state index is 5.88. The van der Waals surface area contributed by atoms with Crippen molar-refractivity contribution in [3.05, 3.63) is 12.1 Å². The van der Waals surface area contributed by atoms with E-state index in [0.29, 0.717) is 17.2 Å². The van der Waals surface area contributed by atoms with Crippen LogP contribution in [-0.2, 0) is 0 Å². The van der Waals surface area contributed by atoms with Crippen molar-refractivity contribution in [1.82, 2.24) is 10.3 Å². The maximum atomic E-state index is 5.88. The van der Waals surface area contributed by atoms with Gasteiger partial charge in [-0.2, -0.15) is 0 Å². The van der Waals surface area contributed by atoms with Crippen molar-refractivity contribution in [1.29, 1.82) is 0 Å². The molecule has 1 fully saturated rings. The molecule has 5 nitrogen and oxygen atoms in total. The predicted molar refractivity (Wildman–Crippen MR) is 71.5 cm³/mol. The van der Waals surface area contributed by atoms with Crippen LogP contribution in [0.25, 0.3) is 11.0 Å². The van der Waals surface area contributed by atoms with Gasteiger partial charge in [0.1, 0.15) is 0 Å². The van der Waals surface area contributed by atoms with Gasteiger partial charge in [0.15, 0.2) is 11.0 Å². The molecule has 0 spiro atoms. The molecule has 0 radical (unpaired) electrons. The average Bonchev–Trinajstić information content (AvgIpc) is 3.03. The van der Waals surface area contributed by atoms with Crippen molar-refractivity contribution in [2.75, 3.05) is 17.2 Å². The van der Waals surface area contributed by atoms with Crippen molar-refractivity contribution in [2.45, 2.75) is 38.6 Å². The van der Waals surface area contributed by atoms with Crippen LogP contribution in [0.5, 0.6) is 0 Å². The van der Waals surface area contributed by atoms with Crippen LogP contribution in [0.2, 0.25) is 0 Å². The van der Waals surface area contributed by atoms with Crippen LogP contribution in [0.4, 0.5) is 11.4 Å². The van der Waals surface area contributed by atoms with Crippen molar-refractivity contribution >= 4 is 22.4 Å². The molecule has 5 heteroatoms. The van der Waals surface area contributed by atoms with Crippen molar-refractivity contribution in [3.8, 4) is 0 Å². The van der Waals surface area contributed by atoms with Gasteiger partial charge in [0.25, 0.3) is 0 Å². The number of anilines is 2. The predicted octanol–water partition coefficient (Wildman–Crippen LogP) is 2.57. The third-order valence-corrected chi connectivity index (χ3v) is 3.84. The number of fused-ring (bicyclic) bond motifs is 1. The zero-order chi connectivity index (χ0) is 12.5. The number of aromatic nitrogens is 2. The molecule has 0 bridgehead atoms. The number of nitrogens with zero attached hydrogens (tertiary/aromatic N) is 3. The molecule has 1 aliphatic carbocycles. The van der Waals surface area contributed by atoms with E-state index in [-0.39, 0.29) is 0 Å². The summed E-state index contributed by atoms with van der Waals surface area (Å²) >= 11 is 0. The van der Waals surface area contributed by atoms with Gasteiger partial charge in [0.05, 0.1) is 11.4 Å². The lowest BCUT2D eigenvalue weighted by atomic mass is 10.1. The van der Waals surface area contributed by atoms with Crippen molar-refractivity contribution in [3.63, 3.8) is 0 Å². The molecule has 96 valence electrons. The Morgan fingerprint density at radius 1 is 1.28 bits per heavy atom. The highest BCUT2D eigenvalue weighted by molar-refractivity contribution is 5.95. The first-order valence-corrected chi connectivity index (χ1v) is 6.58. The third-order valence-electron chi connectivity index (χ3n) is 3.84. The summed E-state index contributed by atoms with van der Waals surface area (Å²) in [5.41, 5.74) is 9.05. The van der Waals surface area contributed by atoms with Crippen LogP contribution in [0.15, 0.2) is 16.8 Å². The summed E-state index contributed by atoms with van der Waals surface area (Å²) in [7, 11) is 0. The summed E-state index contributed by atoms with van der Waals surface area (Å²) in [6.07, 6.45) is 5.14. The summed E-state index contributed by atoms with van der Waals surface area (Å²) in [5, 5.41) is 7.90. The molecule has 2 N–H and O–H groups in total. The minimum Gasteiger partial charge on any atom is -0.397 e. The Labute approximate surface area is 106 Å². The van der Waals surface area contributed by atoms with E-state index in [1.54, 1.807) is 0 Å². The van der Waals surface area contributed by atoms with Crippen molar-refractivity contribution < 1.29 is 4.63 Å². The lowest BCUT2D eigenvalue weighted by molar-refractivity contribution is 0.315. The van der Waals surface area contributed by atoms with Crippen LogP contribution < -0.4 is 10.6 Å². The van der Waals surface area contributed by atoms with E-state index in [9.17, 15) is 0 Å². The summed E-state index contributed by atoms with van der Waals surface area (Å²) in [6.45, 7) is 3.14. The second-order valence-corrected chi connectivity index (χ2v) is 4.86. The Hall–Kier alpha value is -1.78. The zero-order valence-corrected chi connectivity index (χ0v) is 10.6. The Bertz CT molecular complexity index is 545. The van der Waals surface area contributed by atoms with Gasteiger partial charge < -0.3 is 10.6 Å². The Kier molecular flexibility index (Phi) is 2.81. The number of hydrogen-bond acceptors (Lipinski definition) is 5. The third kappa shape index (κ3) is 1.70. The fraction of sp³-hybridized carbons (Fsp3) is 0.538. The lowest BCUT2D eigenvalue weighted by Gasteiger charge is -2.29. The number of hydrogen-bond donors (Lipinski definition) is 1. The van der Waals surface area contributed by atoms with Gasteiger partial charge in [0, 0.05) is 12.6 Å². The Morgan fingerprint density at radius 2 is 2.00 bits per heavy atom. The molecular formula is C13H18N4O. The molecule has 0 aliphatic heterocycles. The van der Waals surface area contributed by atoms with Gasteiger partial charge in [-0.25, -0.2) is 4.63 Å². The van der Waals surface area contributed by atoms with E-state index in [4.69, 9.17) is 10.4 Å². The molecule has 1 aromatic heterocycles. The molecule has 18 heavy (non-hydrogen) atoms. The van der Waals surface area contributed by atoms with E-state index in [1.165, 1.54) is 25.7 Å². The van der Waals surface area contributed by atoms with E-state index >= 15 is 0 Å². The summed E-state index contributed by atoms with van der Waals surface area (Å²) in [6, 6.07) is 4.53. The molecule has 1 aliphatic rings. The fourth-order valence-corrected chi connectivity index (χ4v) is 2.95. The molecule has 0 saturated heterocycles. The van der Waals surface area contributed by atoms with Crippen LogP contribution >= 0.6 is 0 Å². The molecule has 0 unspecified atom stereocenters. The monoisotopic (exact) mass is 246 g/mol. The van der Waals surface area contributed by atoms with Crippen LogP contribution in [0.3, 0.4) is 0 Å². The average molecular weight is 246 g/mol.